The summed E-state index contributed by atoms with van der Waals surface area (Å²) in [6.45, 7) is 0. The molecule has 0 saturated carbocycles. The lowest BCUT2D eigenvalue weighted by Crippen LogP contribution is -2.23. The minimum atomic E-state index is -0.809. The van der Waals surface area contributed by atoms with Gasteiger partial charge in [-0.3, -0.25) is 0 Å². The Morgan fingerprint density at radius 2 is 2.07 bits per heavy atom. The molecule has 1 rings (SSSR count). The molecule has 1 unspecified atom stereocenters. The molecule has 0 aromatic heterocycles. The first-order chi connectivity index (χ1) is 7.13. The van der Waals surface area contributed by atoms with Gasteiger partial charge in [0.05, 0.1) is 0 Å². The fourth-order valence-electron chi connectivity index (χ4n) is 1.34. The lowest BCUT2D eigenvalue weighted by Gasteiger charge is -2.10. The summed E-state index contributed by atoms with van der Waals surface area (Å²) in [5.74, 6) is -0.619. The van der Waals surface area contributed by atoms with E-state index in [-0.39, 0.29) is 6.04 Å². The molecule has 1 atom stereocenters. The van der Waals surface area contributed by atoms with Crippen LogP contribution in [-0.2, 0) is 6.42 Å². The summed E-state index contributed by atoms with van der Waals surface area (Å²) in [6, 6.07) is 3.96. The maximum absolute atomic E-state index is 12.9. The van der Waals surface area contributed by atoms with Gasteiger partial charge in [-0.25, -0.2) is 8.78 Å². The molecule has 84 valence electrons. The van der Waals surface area contributed by atoms with Gasteiger partial charge >= 0.3 is 0 Å². The molecule has 0 fully saturated rings. The van der Waals surface area contributed by atoms with E-state index in [4.69, 9.17) is 5.73 Å². The van der Waals surface area contributed by atoms with Crippen LogP contribution in [0.15, 0.2) is 18.2 Å². The van der Waals surface area contributed by atoms with Gasteiger partial charge < -0.3 is 5.73 Å². The number of hydrogen-bond donors (Lipinski definition) is 1. The SMILES string of the molecule is CSCCC(N)Cc1ccc(F)c(F)c1. The van der Waals surface area contributed by atoms with Crippen LogP contribution >= 0.6 is 11.8 Å². The predicted octanol–water partition coefficient (Wildman–Crippen LogP) is 2.59. The predicted molar refractivity (Wildman–Crippen MR) is 61.0 cm³/mol. The molecular formula is C11H15F2NS. The number of benzene rings is 1. The Bertz CT molecular complexity index is 317. The lowest BCUT2D eigenvalue weighted by atomic mass is 10.0. The van der Waals surface area contributed by atoms with Gasteiger partial charge in [0.2, 0.25) is 0 Å². The van der Waals surface area contributed by atoms with Crippen LogP contribution in [0.4, 0.5) is 8.78 Å². The first kappa shape index (κ1) is 12.5. The maximum atomic E-state index is 12.9. The maximum Gasteiger partial charge on any atom is 0.159 e. The first-order valence-electron chi connectivity index (χ1n) is 4.82. The zero-order chi connectivity index (χ0) is 11.3. The Morgan fingerprint density at radius 1 is 1.33 bits per heavy atom. The van der Waals surface area contributed by atoms with Gasteiger partial charge in [0.1, 0.15) is 0 Å². The number of hydrogen-bond acceptors (Lipinski definition) is 2. The molecule has 0 amide bonds. The van der Waals surface area contributed by atoms with E-state index in [0.717, 1.165) is 23.8 Å². The molecule has 0 radical (unpaired) electrons. The second-order valence-electron chi connectivity index (χ2n) is 3.49. The normalized spacial score (nSPS) is 12.8. The summed E-state index contributed by atoms with van der Waals surface area (Å²) < 4.78 is 25.5. The molecule has 0 heterocycles. The zero-order valence-corrected chi connectivity index (χ0v) is 9.49. The van der Waals surface area contributed by atoms with E-state index in [1.807, 2.05) is 6.26 Å². The highest BCUT2D eigenvalue weighted by Gasteiger charge is 2.06. The van der Waals surface area contributed by atoms with Crippen LogP contribution in [0.1, 0.15) is 12.0 Å². The third-order valence-electron chi connectivity index (χ3n) is 2.17. The molecule has 0 aliphatic heterocycles. The Hall–Kier alpha value is -0.610. The summed E-state index contributed by atoms with van der Waals surface area (Å²) in [5, 5.41) is 0. The third kappa shape index (κ3) is 4.18. The van der Waals surface area contributed by atoms with Gasteiger partial charge in [-0.05, 0) is 42.5 Å². The van der Waals surface area contributed by atoms with Crippen molar-refractivity contribution in [1.82, 2.24) is 0 Å². The Balaban J connectivity index is 2.53. The molecule has 0 saturated heterocycles. The van der Waals surface area contributed by atoms with E-state index in [1.54, 1.807) is 17.8 Å². The molecule has 15 heavy (non-hydrogen) atoms. The lowest BCUT2D eigenvalue weighted by molar-refractivity contribution is 0.506. The minimum absolute atomic E-state index is 0.0160. The summed E-state index contributed by atoms with van der Waals surface area (Å²) in [4.78, 5) is 0. The van der Waals surface area contributed by atoms with Crippen LogP contribution in [0.3, 0.4) is 0 Å². The summed E-state index contributed by atoms with van der Waals surface area (Å²) in [7, 11) is 0. The van der Waals surface area contributed by atoms with E-state index in [1.165, 1.54) is 6.07 Å². The molecule has 1 aromatic carbocycles. The van der Waals surface area contributed by atoms with Crippen molar-refractivity contribution in [1.29, 1.82) is 0 Å². The molecule has 4 heteroatoms. The van der Waals surface area contributed by atoms with Crippen molar-refractivity contribution < 1.29 is 8.78 Å². The molecule has 0 aliphatic carbocycles. The Kier molecular flexibility index (Phi) is 5.05. The fourth-order valence-corrected chi connectivity index (χ4v) is 1.88. The number of halogens is 2. The van der Waals surface area contributed by atoms with Crippen molar-refractivity contribution in [2.24, 2.45) is 5.73 Å². The highest BCUT2D eigenvalue weighted by Crippen LogP contribution is 2.11. The van der Waals surface area contributed by atoms with Crippen molar-refractivity contribution in [3.8, 4) is 0 Å². The molecule has 1 aromatic rings. The van der Waals surface area contributed by atoms with Gasteiger partial charge in [-0.1, -0.05) is 6.07 Å². The number of nitrogens with two attached hydrogens (primary N) is 1. The van der Waals surface area contributed by atoms with Crippen LogP contribution in [0, 0.1) is 11.6 Å². The van der Waals surface area contributed by atoms with Gasteiger partial charge in [0.15, 0.2) is 11.6 Å². The van der Waals surface area contributed by atoms with Crippen LogP contribution < -0.4 is 5.73 Å². The first-order valence-corrected chi connectivity index (χ1v) is 6.21. The monoisotopic (exact) mass is 231 g/mol. The molecule has 1 nitrogen and oxygen atoms in total. The largest absolute Gasteiger partial charge is 0.327 e. The smallest absolute Gasteiger partial charge is 0.159 e. The van der Waals surface area contributed by atoms with E-state index in [9.17, 15) is 8.78 Å². The minimum Gasteiger partial charge on any atom is -0.327 e. The second-order valence-corrected chi connectivity index (χ2v) is 4.48. The zero-order valence-electron chi connectivity index (χ0n) is 8.67. The Labute approximate surface area is 93.1 Å². The van der Waals surface area contributed by atoms with Crippen molar-refractivity contribution >= 4 is 11.8 Å². The summed E-state index contributed by atoms with van der Waals surface area (Å²) >= 11 is 1.73. The van der Waals surface area contributed by atoms with Crippen molar-refractivity contribution in [2.75, 3.05) is 12.0 Å². The standard InChI is InChI=1S/C11H15F2NS/c1-15-5-4-9(14)6-8-2-3-10(12)11(13)7-8/h2-3,7,9H,4-6,14H2,1H3. The third-order valence-corrected chi connectivity index (χ3v) is 2.82. The van der Waals surface area contributed by atoms with Crippen LogP contribution in [0.5, 0.6) is 0 Å². The highest BCUT2D eigenvalue weighted by atomic mass is 32.2. The molecule has 0 bridgehead atoms. The number of thioether (sulfide) groups is 1. The van der Waals surface area contributed by atoms with E-state index in [0.29, 0.717) is 6.42 Å². The molecule has 0 aliphatic rings. The molecular weight excluding hydrogens is 216 g/mol. The van der Waals surface area contributed by atoms with Gasteiger partial charge in [0.25, 0.3) is 0 Å². The van der Waals surface area contributed by atoms with E-state index < -0.39 is 11.6 Å². The van der Waals surface area contributed by atoms with E-state index >= 15 is 0 Å². The fraction of sp³-hybridized carbons (Fsp3) is 0.455. The Morgan fingerprint density at radius 3 is 2.67 bits per heavy atom. The van der Waals surface area contributed by atoms with Crippen LogP contribution in [-0.4, -0.2) is 18.1 Å². The van der Waals surface area contributed by atoms with Crippen molar-refractivity contribution in [2.45, 2.75) is 18.9 Å². The quantitative estimate of drug-likeness (QED) is 0.843. The average Bonchev–Trinajstić information content (AvgIpc) is 2.20. The average molecular weight is 231 g/mol. The van der Waals surface area contributed by atoms with Gasteiger partial charge in [-0.2, -0.15) is 11.8 Å². The highest BCUT2D eigenvalue weighted by molar-refractivity contribution is 7.98. The molecule has 2 N–H and O–H groups in total. The van der Waals surface area contributed by atoms with E-state index in [2.05, 4.69) is 0 Å². The summed E-state index contributed by atoms with van der Waals surface area (Å²) in [5.41, 5.74) is 6.60. The van der Waals surface area contributed by atoms with Gasteiger partial charge in [0, 0.05) is 6.04 Å². The van der Waals surface area contributed by atoms with Crippen molar-refractivity contribution in [3.63, 3.8) is 0 Å². The summed E-state index contributed by atoms with van der Waals surface area (Å²) in [6.07, 6.45) is 3.50. The van der Waals surface area contributed by atoms with Gasteiger partial charge in [-0.15, -0.1) is 0 Å². The molecule has 0 spiro atoms. The topological polar surface area (TPSA) is 26.0 Å². The second kappa shape index (κ2) is 6.08. The number of rotatable bonds is 5. The van der Waals surface area contributed by atoms with Crippen LogP contribution in [0.2, 0.25) is 0 Å². The van der Waals surface area contributed by atoms with Crippen LogP contribution in [0.25, 0.3) is 0 Å². The van der Waals surface area contributed by atoms with Crippen molar-refractivity contribution in [3.05, 3.63) is 35.4 Å².